The molecule has 0 aromatic rings. The first-order valence-electron chi connectivity index (χ1n) is 4.26. The van der Waals surface area contributed by atoms with Crippen molar-refractivity contribution in [3.8, 4) is 0 Å². The fraction of sp³-hybridized carbons (Fsp3) is 0.778. The average Bonchev–Trinajstić information content (AvgIpc) is 2.69. The standard InChI is InChI=1S/C9H14O/c1-7-9(10-7)8-5-3-2-4-6-8/h8H,2-6H2,1H3. The lowest BCUT2D eigenvalue weighted by atomic mass is 9.89. The molecule has 2 rings (SSSR count). The van der Waals surface area contributed by atoms with E-state index in [-0.39, 0.29) is 0 Å². The van der Waals surface area contributed by atoms with Gasteiger partial charge in [-0.25, -0.2) is 0 Å². The third kappa shape index (κ3) is 1.05. The lowest BCUT2D eigenvalue weighted by molar-refractivity contribution is 0.334. The largest absolute Gasteiger partial charge is 0.459 e. The smallest absolute Gasteiger partial charge is 0.145 e. The lowest BCUT2D eigenvalue weighted by Gasteiger charge is -2.16. The molecule has 0 radical (unpaired) electrons. The normalized spacial score (nSPS) is 26.5. The summed E-state index contributed by atoms with van der Waals surface area (Å²) in [5, 5.41) is 0. The maximum Gasteiger partial charge on any atom is 0.145 e. The van der Waals surface area contributed by atoms with E-state index in [0.717, 1.165) is 5.92 Å². The van der Waals surface area contributed by atoms with Crippen molar-refractivity contribution in [3.05, 3.63) is 11.5 Å². The van der Waals surface area contributed by atoms with Crippen molar-refractivity contribution < 1.29 is 4.74 Å². The zero-order chi connectivity index (χ0) is 6.97. The molecule has 10 heavy (non-hydrogen) atoms. The van der Waals surface area contributed by atoms with Crippen LogP contribution in [0.3, 0.4) is 0 Å². The molecule has 1 aliphatic heterocycles. The Bertz CT molecular complexity index is 164. The first kappa shape index (κ1) is 6.26. The minimum absolute atomic E-state index is 0.800. The molecule has 56 valence electrons. The summed E-state index contributed by atoms with van der Waals surface area (Å²) in [6.07, 6.45) is 6.98. The Labute approximate surface area is 62.1 Å². The number of hydrogen-bond acceptors (Lipinski definition) is 1. The number of rotatable bonds is 1. The molecule has 0 unspecified atom stereocenters. The Morgan fingerprint density at radius 3 is 2.30 bits per heavy atom. The van der Waals surface area contributed by atoms with E-state index in [0.29, 0.717) is 0 Å². The van der Waals surface area contributed by atoms with Gasteiger partial charge in [0.05, 0.1) is 0 Å². The van der Waals surface area contributed by atoms with E-state index < -0.39 is 0 Å². The van der Waals surface area contributed by atoms with Gasteiger partial charge in [0, 0.05) is 5.92 Å². The van der Waals surface area contributed by atoms with E-state index in [1.807, 2.05) is 0 Å². The molecular formula is C9H14O. The van der Waals surface area contributed by atoms with Gasteiger partial charge >= 0.3 is 0 Å². The van der Waals surface area contributed by atoms with Crippen molar-refractivity contribution in [2.45, 2.75) is 39.0 Å². The summed E-state index contributed by atoms with van der Waals surface area (Å²) >= 11 is 0. The van der Waals surface area contributed by atoms with Gasteiger partial charge in [0.15, 0.2) is 0 Å². The molecule has 2 aliphatic rings. The quantitative estimate of drug-likeness (QED) is 0.542. The van der Waals surface area contributed by atoms with Gasteiger partial charge in [0.1, 0.15) is 11.5 Å². The molecule has 0 N–H and O–H groups in total. The van der Waals surface area contributed by atoms with Crippen molar-refractivity contribution in [2.75, 3.05) is 0 Å². The fourth-order valence-electron chi connectivity index (χ4n) is 1.87. The van der Waals surface area contributed by atoms with Gasteiger partial charge in [-0.2, -0.15) is 0 Å². The molecule has 1 aliphatic carbocycles. The van der Waals surface area contributed by atoms with E-state index in [9.17, 15) is 0 Å². The van der Waals surface area contributed by atoms with Crippen molar-refractivity contribution in [2.24, 2.45) is 5.92 Å². The van der Waals surface area contributed by atoms with Gasteiger partial charge in [-0.15, -0.1) is 0 Å². The van der Waals surface area contributed by atoms with E-state index in [1.54, 1.807) is 0 Å². The van der Waals surface area contributed by atoms with Crippen LogP contribution in [0.4, 0.5) is 0 Å². The Hall–Kier alpha value is -0.460. The monoisotopic (exact) mass is 138 g/mol. The zero-order valence-electron chi connectivity index (χ0n) is 6.52. The van der Waals surface area contributed by atoms with Gasteiger partial charge in [-0.05, 0) is 19.8 Å². The highest BCUT2D eigenvalue weighted by Crippen LogP contribution is 2.40. The van der Waals surface area contributed by atoms with Crippen LogP contribution < -0.4 is 0 Å². The van der Waals surface area contributed by atoms with Crippen LogP contribution in [-0.4, -0.2) is 0 Å². The van der Waals surface area contributed by atoms with Crippen LogP contribution in [-0.2, 0) is 4.74 Å². The number of allylic oxidation sites excluding steroid dienone is 2. The molecule has 1 saturated carbocycles. The SMILES string of the molecule is CC1=C(C2CCCCC2)O1. The maximum atomic E-state index is 5.29. The van der Waals surface area contributed by atoms with Crippen LogP contribution in [0.5, 0.6) is 0 Å². The highest BCUT2D eigenvalue weighted by molar-refractivity contribution is 5.18. The summed E-state index contributed by atoms with van der Waals surface area (Å²) in [5.74, 6) is 3.32. The summed E-state index contributed by atoms with van der Waals surface area (Å²) in [6.45, 7) is 2.07. The molecule has 0 atom stereocenters. The minimum atomic E-state index is 0.800. The lowest BCUT2D eigenvalue weighted by Crippen LogP contribution is -2.04. The number of hydrogen-bond donors (Lipinski definition) is 0. The molecule has 0 amide bonds. The summed E-state index contributed by atoms with van der Waals surface area (Å²) in [5.41, 5.74) is 0. The third-order valence-corrected chi connectivity index (χ3v) is 2.54. The van der Waals surface area contributed by atoms with Gasteiger partial charge in [-0.3, -0.25) is 0 Å². The van der Waals surface area contributed by atoms with Crippen LogP contribution >= 0.6 is 0 Å². The topological polar surface area (TPSA) is 12.5 Å². The molecule has 0 bridgehead atoms. The maximum absolute atomic E-state index is 5.29. The van der Waals surface area contributed by atoms with Crippen LogP contribution in [0.1, 0.15) is 39.0 Å². The van der Waals surface area contributed by atoms with Gasteiger partial charge in [-0.1, -0.05) is 19.3 Å². The van der Waals surface area contributed by atoms with Gasteiger partial charge < -0.3 is 4.74 Å². The summed E-state index contributed by atoms with van der Waals surface area (Å²) < 4.78 is 5.29. The van der Waals surface area contributed by atoms with Crippen molar-refractivity contribution in [3.63, 3.8) is 0 Å². The van der Waals surface area contributed by atoms with Crippen molar-refractivity contribution in [1.82, 2.24) is 0 Å². The van der Waals surface area contributed by atoms with Crippen molar-refractivity contribution in [1.29, 1.82) is 0 Å². The van der Waals surface area contributed by atoms with Crippen molar-refractivity contribution >= 4 is 0 Å². The first-order valence-corrected chi connectivity index (χ1v) is 4.26. The summed E-state index contributed by atoms with van der Waals surface area (Å²) in [6, 6.07) is 0. The molecular weight excluding hydrogens is 124 g/mol. The molecule has 0 spiro atoms. The average molecular weight is 138 g/mol. The van der Waals surface area contributed by atoms with Crippen LogP contribution in [0.25, 0.3) is 0 Å². The van der Waals surface area contributed by atoms with E-state index in [4.69, 9.17) is 4.74 Å². The number of ether oxygens (including phenoxy) is 1. The third-order valence-electron chi connectivity index (χ3n) is 2.54. The Morgan fingerprint density at radius 1 is 1.20 bits per heavy atom. The Balaban J connectivity index is 1.92. The van der Waals surface area contributed by atoms with Crippen LogP contribution in [0.15, 0.2) is 11.5 Å². The van der Waals surface area contributed by atoms with Crippen LogP contribution in [0.2, 0.25) is 0 Å². The van der Waals surface area contributed by atoms with E-state index in [2.05, 4.69) is 6.92 Å². The second kappa shape index (κ2) is 2.30. The van der Waals surface area contributed by atoms with Crippen LogP contribution in [0, 0.1) is 5.92 Å². The first-order chi connectivity index (χ1) is 4.88. The second-order valence-corrected chi connectivity index (χ2v) is 3.36. The molecule has 0 aromatic heterocycles. The van der Waals surface area contributed by atoms with E-state index in [1.165, 1.54) is 43.6 Å². The molecule has 1 nitrogen and oxygen atoms in total. The molecule has 0 aromatic carbocycles. The molecule has 1 fully saturated rings. The predicted molar refractivity (Wildman–Crippen MR) is 40.4 cm³/mol. The van der Waals surface area contributed by atoms with E-state index >= 15 is 0 Å². The molecule has 1 heterocycles. The highest BCUT2D eigenvalue weighted by Gasteiger charge is 2.30. The Morgan fingerprint density at radius 2 is 1.80 bits per heavy atom. The molecule has 1 heteroatoms. The van der Waals surface area contributed by atoms with Gasteiger partial charge in [0.2, 0.25) is 0 Å². The summed E-state index contributed by atoms with van der Waals surface area (Å²) in [7, 11) is 0. The van der Waals surface area contributed by atoms with Gasteiger partial charge in [0.25, 0.3) is 0 Å². The fourth-order valence-corrected chi connectivity index (χ4v) is 1.87. The minimum Gasteiger partial charge on any atom is -0.459 e. The highest BCUT2D eigenvalue weighted by atomic mass is 16.6. The second-order valence-electron chi connectivity index (χ2n) is 3.36. The Kier molecular flexibility index (Phi) is 1.44. The predicted octanol–water partition coefficient (Wildman–Crippen LogP) is 2.83. The molecule has 0 saturated heterocycles. The summed E-state index contributed by atoms with van der Waals surface area (Å²) in [4.78, 5) is 0. The zero-order valence-corrected chi connectivity index (χ0v) is 6.52.